The lowest BCUT2D eigenvalue weighted by atomic mass is 9.79. The molecule has 1 heterocycles. The summed E-state index contributed by atoms with van der Waals surface area (Å²) in [6.07, 6.45) is 0.947. The third-order valence-electron chi connectivity index (χ3n) is 7.63. The fourth-order valence-electron chi connectivity index (χ4n) is 4.63. The molecule has 1 aliphatic heterocycles. The van der Waals surface area contributed by atoms with Gasteiger partial charge in [-0.15, -0.1) is 0 Å². The van der Waals surface area contributed by atoms with E-state index in [1.807, 2.05) is 6.92 Å². The molecule has 0 spiro atoms. The molecule has 0 aromatic heterocycles. The summed E-state index contributed by atoms with van der Waals surface area (Å²) >= 11 is 0. The van der Waals surface area contributed by atoms with Crippen LogP contribution in [0.1, 0.15) is 69.4 Å². The number of benzene rings is 1. The molecule has 3 N–H and O–H groups in total. The van der Waals surface area contributed by atoms with Gasteiger partial charge in [-0.25, -0.2) is 4.79 Å². The van der Waals surface area contributed by atoms with Crippen molar-refractivity contribution in [1.29, 1.82) is 0 Å². The minimum Gasteiger partial charge on any atom is -0.465 e. The predicted octanol–water partition coefficient (Wildman–Crippen LogP) is 4.53. The van der Waals surface area contributed by atoms with Gasteiger partial charge in [0.2, 0.25) is 5.91 Å². The Hall–Kier alpha value is -2.39. The van der Waals surface area contributed by atoms with Crippen LogP contribution in [0.5, 0.6) is 0 Å². The number of fused-ring (bicyclic) bond motifs is 1. The van der Waals surface area contributed by atoms with Crippen molar-refractivity contribution in [3.63, 3.8) is 0 Å². The van der Waals surface area contributed by atoms with Crippen molar-refractivity contribution >= 4 is 31.9 Å². The number of carboxylic acid groups (broad SMARTS) is 1. The van der Waals surface area contributed by atoms with Gasteiger partial charge in [0.15, 0.2) is 8.32 Å². The van der Waals surface area contributed by atoms with Gasteiger partial charge < -0.3 is 25.1 Å². The Balaban J connectivity index is 1.80. The summed E-state index contributed by atoms with van der Waals surface area (Å²) in [7, 11) is -1.89. The van der Waals surface area contributed by atoms with Gasteiger partial charge in [0.05, 0.1) is 12.6 Å². The summed E-state index contributed by atoms with van der Waals surface area (Å²) in [6.45, 7) is 15.2. The maximum Gasteiger partial charge on any atom is 0.405 e. The first kappa shape index (κ1) is 26.2. The molecule has 3 rings (SSSR count). The zero-order valence-corrected chi connectivity index (χ0v) is 22.4. The first-order valence-corrected chi connectivity index (χ1v) is 15.0. The van der Waals surface area contributed by atoms with Gasteiger partial charge in [-0.05, 0) is 60.7 Å². The average molecular weight is 490 g/mol. The van der Waals surface area contributed by atoms with Gasteiger partial charge in [-0.3, -0.25) is 9.59 Å². The van der Waals surface area contributed by atoms with Gasteiger partial charge >= 0.3 is 6.09 Å². The fourth-order valence-corrected chi connectivity index (χ4v) is 5.67. The minimum absolute atomic E-state index is 0.0611. The molecule has 1 aromatic carbocycles. The summed E-state index contributed by atoms with van der Waals surface area (Å²) < 4.78 is 6.13. The number of carbonyl (C=O) groups excluding carboxylic acids is 2. The molecule has 2 aliphatic rings. The van der Waals surface area contributed by atoms with Crippen molar-refractivity contribution in [3.8, 4) is 0 Å². The molecule has 0 bridgehead atoms. The molecule has 188 valence electrons. The quantitative estimate of drug-likeness (QED) is 0.385. The molecule has 3 atom stereocenters. The molecule has 8 nitrogen and oxygen atoms in total. The van der Waals surface area contributed by atoms with Crippen molar-refractivity contribution in [2.24, 2.45) is 11.8 Å². The highest BCUT2D eigenvalue weighted by Gasteiger charge is 2.48. The third-order valence-corrected chi connectivity index (χ3v) is 12.2. The first-order chi connectivity index (χ1) is 15.7. The largest absolute Gasteiger partial charge is 0.465 e. The maximum absolute atomic E-state index is 12.9. The van der Waals surface area contributed by atoms with Crippen LogP contribution in [0.3, 0.4) is 0 Å². The Labute approximate surface area is 203 Å². The number of rotatable bonds is 7. The molecule has 1 saturated carbocycles. The number of anilines is 1. The summed E-state index contributed by atoms with van der Waals surface area (Å²) in [4.78, 5) is 38.9. The molecular weight excluding hydrogens is 450 g/mol. The Morgan fingerprint density at radius 1 is 1.21 bits per heavy atom. The number of nitrogens with one attached hydrogen (secondary N) is 2. The molecule has 1 aliphatic carbocycles. The van der Waals surface area contributed by atoms with Crippen LogP contribution in [-0.4, -0.2) is 50.5 Å². The second kappa shape index (κ2) is 9.69. The van der Waals surface area contributed by atoms with Crippen LogP contribution in [0, 0.1) is 11.8 Å². The van der Waals surface area contributed by atoms with Crippen LogP contribution in [0.2, 0.25) is 18.1 Å². The number of carbonyl (C=O) groups is 3. The van der Waals surface area contributed by atoms with E-state index in [2.05, 4.69) is 44.5 Å². The van der Waals surface area contributed by atoms with E-state index in [0.29, 0.717) is 35.9 Å². The predicted molar refractivity (Wildman–Crippen MR) is 135 cm³/mol. The molecule has 0 radical (unpaired) electrons. The molecule has 1 aromatic rings. The van der Waals surface area contributed by atoms with Crippen molar-refractivity contribution in [1.82, 2.24) is 10.6 Å². The van der Waals surface area contributed by atoms with Gasteiger partial charge in [0, 0.05) is 36.7 Å². The molecule has 34 heavy (non-hydrogen) atoms. The normalized spacial score (nSPS) is 22.7. The molecule has 9 heteroatoms. The number of nitrogens with zero attached hydrogens (tertiary/aromatic N) is 1. The lowest BCUT2D eigenvalue weighted by molar-refractivity contribution is -0.117. The van der Waals surface area contributed by atoms with E-state index in [1.165, 1.54) is 0 Å². The molecule has 0 unspecified atom stereocenters. The second-order valence-electron chi connectivity index (χ2n) is 11.1. The highest BCUT2D eigenvalue weighted by Crippen LogP contribution is 2.49. The van der Waals surface area contributed by atoms with E-state index < -0.39 is 20.5 Å². The van der Waals surface area contributed by atoms with E-state index in [9.17, 15) is 19.5 Å². The lowest BCUT2D eigenvalue weighted by Gasteiger charge is -2.45. The second-order valence-corrected chi connectivity index (χ2v) is 16.0. The fraction of sp³-hybridized carbons (Fsp3) is 0.640. The van der Waals surface area contributed by atoms with Crippen molar-refractivity contribution in [2.75, 3.05) is 18.1 Å². The van der Waals surface area contributed by atoms with Gasteiger partial charge in [0.25, 0.3) is 5.91 Å². The summed E-state index contributed by atoms with van der Waals surface area (Å²) in [5.41, 5.74) is 1.77. The van der Waals surface area contributed by atoms with Crippen LogP contribution in [0.15, 0.2) is 18.2 Å². The highest BCUT2D eigenvalue weighted by atomic mass is 28.4. The van der Waals surface area contributed by atoms with Gasteiger partial charge in [-0.2, -0.15) is 0 Å². The third kappa shape index (κ3) is 5.46. The van der Waals surface area contributed by atoms with Gasteiger partial charge in [0.1, 0.15) is 0 Å². The minimum atomic E-state index is -1.89. The monoisotopic (exact) mass is 489 g/mol. The van der Waals surface area contributed by atoms with Crippen LogP contribution < -0.4 is 15.5 Å². The van der Waals surface area contributed by atoms with Crippen molar-refractivity contribution in [2.45, 2.75) is 77.7 Å². The van der Waals surface area contributed by atoms with Crippen LogP contribution in [0.4, 0.5) is 10.5 Å². The maximum atomic E-state index is 12.9. The molecule has 3 amide bonds. The van der Waals surface area contributed by atoms with Crippen molar-refractivity contribution in [3.05, 3.63) is 29.3 Å². The van der Waals surface area contributed by atoms with E-state index in [-0.39, 0.29) is 28.8 Å². The number of hydrogen-bond donors (Lipinski definition) is 3. The van der Waals surface area contributed by atoms with Gasteiger partial charge in [-0.1, -0.05) is 27.7 Å². The van der Waals surface area contributed by atoms with E-state index in [0.717, 1.165) is 12.8 Å². The van der Waals surface area contributed by atoms with E-state index >= 15 is 0 Å². The Bertz CT molecular complexity index is 954. The summed E-state index contributed by atoms with van der Waals surface area (Å²) in [5.74, 6) is -0.0638. The van der Waals surface area contributed by atoms with E-state index in [1.54, 1.807) is 30.0 Å². The molecule has 0 saturated heterocycles. The van der Waals surface area contributed by atoms with Crippen LogP contribution in [0.25, 0.3) is 0 Å². The standard InChI is InChI=1S/C25H39N3O5Si/c1-15-21(27-24(31)32)19-14-18(23(30)26-12-13-33-34(6,7)25(3,4)5)10-11-20(19)28(16(2)29)22(15)17-8-9-17/h10-11,14-15,17,21-22,27H,8-9,12-13H2,1-7H3,(H,26,30)(H,31,32)/t15-,21-,22+/m1/s1. The number of amides is 3. The SMILES string of the molecule is CC(=O)N1c2ccc(C(=O)NCCO[Si](C)(C)C(C)(C)C)cc2[C@H](NC(=O)O)[C@@H](C)[C@H]1C1CC1. The Morgan fingerprint density at radius 2 is 1.85 bits per heavy atom. The summed E-state index contributed by atoms with van der Waals surface area (Å²) in [5, 5.41) is 15.1. The average Bonchev–Trinajstić information content (AvgIpc) is 3.56. The van der Waals surface area contributed by atoms with Crippen LogP contribution >= 0.6 is 0 Å². The lowest BCUT2D eigenvalue weighted by Crippen LogP contribution is -2.53. The van der Waals surface area contributed by atoms with Crippen LogP contribution in [-0.2, 0) is 9.22 Å². The highest BCUT2D eigenvalue weighted by molar-refractivity contribution is 6.74. The Morgan fingerprint density at radius 3 is 2.38 bits per heavy atom. The Kier molecular flexibility index (Phi) is 7.47. The molecule has 1 fully saturated rings. The molecular formula is C25H39N3O5Si. The van der Waals surface area contributed by atoms with Crippen molar-refractivity contribution < 1.29 is 23.9 Å². The zero-order chi connectivity index (χ0) is 25.4. The van der Waals surface area contributed by atoms with E-state index in [4.69, 9.17) is 4.43 Å². The first-order valence-electron chi connectivity index (χ1n) is 12.1. The topological polar surface area (TPSA) is 108 Å². The summed E-state index contributed by atoms with van der Waals surface area (Å²) in [6, 6.07) is 4.64. The number of hydrogen-bond acceptors (Lipinski definition) is 4. The smallest absolute Gasteiger partial charge is 0.405 e. The zero-order valence-electron chi connectivity index (χ0n) is 21.4.